The molecule has 0 spiro atoms. The number of benzene rings is 2. The Labute approximate surface area is 145 Å². The van der Waals surface area contributed by atoms with E-state index in [1.165, 1.54) is 12.1 Å². The lowest BCUT2D eigenvalue weighted by atomic mass is 10.1. The van der Waals surface area contributed by atoms with E-state index >= 15 is 0 Å². The molecule has 2 N–H and O–H groups in total. The number of nitrogens with one attached hydrogen (secondary N) is 2. The van der Waals surface area contributed by atoms with Gasteiger partial charge in [0.05, 0.1) is 17.9 Å². The van der Waals surface area contributed by atoms with Gasteiger partial charge in [0.15, 0.2) is 0 Å². The molecule has 0 saturated carbocycles. The SMILES string of the molecule is Cc1cc(F)ccc1NCC(=O)N1c2ccccc2NC(=O)CC1C. The fourth-order valence-corrected chi connectivity index (χ4v) is 3.05. The number of carbonyl (C=O) groups is 2. The highest BCUT2D eigenvalue weighted by Gasteiger charge is 2.29. The maximum Gasteiger partial charge on any atom is 0.246 e. The molecule has 1 unspecified atom stereocenters. The summed E-state index contributed by atoms with van der Waals surface area (Å²) in [6, 6.07) is 11.4. The van der Waals surface area contributed by atoms with Crippen LogP contribution in [-0.4, -0.2) is 24.4 Å². The minimum Gasteiger partial charge on any atom is -0.376 e. The molecule has 25 heavy (non-hydrogen) atoms. The van der Waals surface area contributed by atoms with Gasteiger partial charge in [-0.15, -0.1) is 0 Å². The van der Waals surface area contributed by atoms with Gasteiger partial charge < -0.3 is 15.5 Å². The van der Waals surface area contributed by atoms with E-state index in [-0.39, 0.29) is 36.6 Å². The largest absolute Gasteiger partial charge is 0.376 e. The van der Waals surface area contributed by atoms with Crippen molar-refractivity contribution in [3.8, 4) is 0 Å². The van der Waals surface area contributed by atoms with Gasteiger partial charge in [-0.3, -0.25) is 9.59 Å². The summed E-state index contributed by atoms with van der Waals surface area (Å²) in [6.07, 6.45) is 0.232. The molecule has 2 amide bonds. The van der Waals surface area contributed by atoms with Crippen LogP contribution in [-0.2, 0) is 9.59 Å². The van der Waals surface area contributed by atoms with Gasteiger partial charge in [-0.2, -0.15) is 0 Å². The number of para-hydroxylation sites is 2. The number of rotatable bonds is 3. The lowest BCUT2D eigenvalue weighted by molar-refractivity contribution is -0.118. The molecule has 0 aliphatic carbocycles. The van der Waals surface area contributed by atoms with Crippen LogP contribution in [0.4, 0.5) is 21.5 Å². The number of halogens is 1. The van der Waals surface area contributed by atoms with Crippen LogP contribution >= 0.6 is 0 Å². The standard InChI is InChI=1S/C19H20FN3O2/c1-12-9-14(20)7-8-15(12)21-11-19(25)23-13(2)10-18(24)22-16-5-3-4-6-17(16)23/h3-9,13,21H,10-11H2,1-2H3,(H,22,24). The molecular weight excluding hydrogens is 321 g/mol. The first-order valence-corrected chi connectivity index (χ1v) is 8.16. The third kappa shape index (κ3) is 3.63. The third-order valence-electron chi connectivity index (χ3n) is 4.25. The molecule has 0 saturated heterocycles. The van der Waals surface area contributed by atoms with E-state index in [4.69, 9.17) is 0 Å². The van der Waals surface area contributed by atoms with Crippen LogP contribution in [0.15, 0.2) is 42.5 Å². The molecule has 0 bridgehead atoms. The summed E-state index contributed by atoms with van der Waals surface area (Å²) in [7, 11) is 0. The first kappa shape index (κ1) is 17.0. The number of carbonyl (C=O) groups excluding carboxylic acids is 2. The molecule has 3 rings (SSSR count). The van der Waals surface area contributed by atoms with Gasteiger partial charge in [0.2, 0.25) is 11.8 Å². The lowest BCUT2D eigenvalue weighted by Crippen LogP contribution is -2.42. The van der Waals surface area contributed by atoms with E-state index in [0.717, 1.165) is 5.56 Å². The van der Waals surface area contributed by atoms with Gasteiger partial charge in [0.1, 0.15) is 5.82 Å². The summed E-state index contributed by atoms with van der Waals surface area (Å²) in [5, 5.41) is 5.89. The highest BCUT2D eigenvalue weighted by molar-refractivity contribution is 6.05. The Morgan fingerprint density at radius 3 is 2.84 bits per heavy atom. The molecule has 2 aromatic carbocycles. The van der Waals surface area contributed by atoms with Crippen LogP contribution in [0.5, 0.6) is 0 Å². The minimum atomic E-state index is -0.311. The van der Waals surface area contributed by atoms with Gasteiger partial charge in [0, 0.05) is 18.2 Å². The number of nitrogens with zero attached hydrogens (tertiary/aromatic N) is 1. The summed E-state index contributed by atoms with van der Waals surface area (Å²) in [6.45, 7) is 3.68. The van der Waals surface area contributed by atoms with Crippen LogP contribution in [0.3, 0.4) is 0 Å². The summed E-state index contributed by atoms with van der Waals surface area (Å²) in [5.41, 5.74) is 2.75. The second-order valence-electron chi connectivity index (χ2n) is 6.20. The molecule has 0 aromatic heterocycles. The molecule has 0 fully saturated rings. The first-order chi connectivity index (χ1) is 12.0. The Bertz CT molecular complexity index is 822. The predicted molar refractivity (Wildman–Crippen MR) is 96.3 cm³/mol. The fraction of sp³-hybridized carbons (Fsp3) is 0.263. The van der Waals surface area contributed by atoms with Crippen LogP contribution < -0.4 is 15.5 Å². The Kier molecular flexibility index (Phi) is 4.70. The van der Waals surface area contributed by atoms with Crippen molar-refractivity contribution >= 4 is 28.9 Å². The van der Waals surface area contributed by atoms with Crippen LogP contribution in [0.2, 0.25) is 0 Å². The zero-order valence-electron chi connectivity index (χ0n) is 14.2. The zero-order valence-corrected chi connectivity index (χ0v) is 14.2. The van der Waals surface area contributed by atoms with Gasteiger partial charge in [-0.05, 0) is 49.7 Å². The van der Waals surface area contributed by atoms with Crippen molar-refractivity contribution in [1.82, 2.24) is 0 Å². The van der Waals surface area contributed by atoms with Gasteiger partial charge in [0.25, 0.3) is 0 Å². The van der Waals surface area contributed by atoms with E-state index in [1.807, 2.05) is 25.1 Å². The maximum absolute atomic E-state index is 13.2. The highest BCUT2D eigenvalue weighted by Crippen LogP contribution is 2.31. The molecule has 1 atom stereocenters. The Hall–Kier alpha value is -2.89. The van der Waals surface area contributed by atoms with Crippen molar-refractivity contribution < 1.29 is 14.0 Å². The number of fused-ring (bicyclic) bond motifs is 1. The van der Waals surface area contributed by atoms with E-state index in [2.05, 4.69) is 10.6 Å². The summed E-state index contributed by atoms with van der Waals surface area (Å²) in [5.74, 6) is -0.577. The molecule has 1 aliphatic rings. The quantitative estimate of drug-likeness (QED) is 0.900. The Morgan fingerprint density at radius 2 is 2.08 bits per heavy atom. The van der Waals surface area contributed by atoms with E-state index in [1.54, 1.807) is 24.0 Å². The second kappa shape index (κ2) is 6.93. The number of hydrogen-bond acceptors (Lipinski definition) is 3. The average Bonchev–Trinajstić information content (AvgIpc) is 2.68. The molecule has 1 heterocycles. The van der Waals surface area contributed by atoms with E-state index in [0.29, 0.717) is 17.1 Å². The second-order valence-corrected chi connectivity index (χ2v) is 6.20. The van der Waals surface area contributed by atoms with Crippen molar-refractivity contribution in [2.45, 2.75) is 26.3 Å². The number of hydrogen-bond donors (Lipinski definition) is 2. The molecule has 2 aromatic rings. The number of anilines is 3. The van der Waals surface area contributed by atoms with Gasteiger partial charge >= 0.3 is 0 Å². The van der Waals surface area contributed by atoms with Crippen LogP contribution in [0.25, 0.3) is 0 Å². The smallest absolute Gasteiger partial charge is 0.246 e. The monoisotopic (exact) mass is 341 g/mol. The Morgan fingerprint density at radius 1 is 1.32 bits per heavy atom. The molecular formula is C19H20FN3O2. The average molecular weight is 341 g/mol. The molecule has 5 nitrogen and oxygen atoms in total. The van der Waals surface area contributed by atoms with Crippen molar-refractivity contribution in [2.24, 2.45) is 0 Å². The van der Waals surface area contributed by atoms with Crippen molar-refractivity contribution in [2.75, 3.05) is 22.1 Å². The van der Waals surface area contributed by atoms with Crippen LogP contribution in [0.1, 0.15) is 18.9 Å². The number of amides is 2. The van der Waals surface area contributed by atoms with Crippen molar-refractivity contribution in [3.05, 3.63) is 53.8 Å². The summed E-state index contributed by atoms with van der Waals surface area (Å²) < 4.78 is 13.2. The zero-order chi connectivity index (χ0) is 18.0. The number of aryl methyl sites for hydroxylation is 1. The van der Waals surface area contributed by atoms with Gasteiger partial charge in [-0.1, -0.05) is 12.1 Å². The maximum atomic E-state index is 13.2. The topological polar surface area (TPSA) is 61.4 Å². The van der Waals surface area contributed by atoms with Crippen molar-refractivity contribution in [1.29, 1.82) is 0 Å². The molecule has 0 radical (unpaired) electrons. The lowest BCUT2D eigenvalue weighted by Gasteiger charge is -2.28. The van der Waals surface area contributed by atoms with E-state index in [9.17, 15) is 14.0 Å². The first-order valence-electron chi connectivity index (χ1n) is 8.16. The third-order valence-corrected chi connectivity index (χ3v) is 4.25. The van der Waals surface area contributed by atoms with Crippen molar-refractivity contribution in [3.63, 3.8) is 0 Å². The molecule has 130 valence electrons. The molecule has 1 aliphatic heterocycles. The van der Waals surface area contributed by atoms with E-state index < -0.39 is 0 Å². The minimum absolute atomic E-state index is 0.0549. The fourth-order valence-electron chi connectivity index (χ4n) is 3.05. The predicted octanol–water partition coefficient (Wildman–Crippen LogP) is 3.31. The summed E-state index contributed by atoms with van der Waals surface area (Å²) in [4.78, 5) is 26.5. The summed E-state index contributed by atoms with van der Waals surface area (Å²) >= 11 is 0. The van der Waals surface area contributed by atoms with Gasteiger partial charge in [-0.25, -0.2) is 4.39 Å². The highest BCUT2D eigenvalue weighted by atomic mass is 19.1. The normalized spacial score (nSPS) is 16.7. The Balaban J connectivity index is 1.81. The molecule has 6 heteroatoms. The van der Waals surface area contributed by atoms with Crippen LogP contribution in [0, 0.1) is 12.7 Å².